The van der Waals surface area contributed by atoms with Crippen LogP contribution in [-0.2, 0) is 10.0 Å². The van der Waals surface area contributed by atoms with Crippen LogP contribution in [-0.4, -0.2) is 37.9 Å². The number of nitrogens with zero attached hydrogens (tertiary/aromatic N) is 2. The number of anilines is 1. The Balaban J connectivity index is 1.33. The standard InChI is InChI=1S/C23H18ClN5O4S2/c24-19-7-8-20(34-19)35(32,33)28-23(31)27-16-2-4-17(5-3-16)29-12-9-14-13-15(21-25-10-11-26-21)1-6-18(14)22(29)30/h1-9,12-13H,10-11H2,(H,25,26)(H2,27,28,31). The van der Waals surface area contributed by atoms with Crippen LogP contribution in [0.5, 0.6) is 0 Å². The summed E-state index contributed by atoms with van der Waals surface area (Å²) in [4.78, 5) is 29.7. The van der Waals surface area contributed by atoms with Crippen LogP contribution in [0, 0.1) is 0 Å². The van der Waals surface area contributed by atoms with Gasteiger partial charge in [-0.25, -0.2) is 17.9 Å². The van der Waals surface area contributed by atoms with Gasteiger partial charge in [-0.1, -0.05) is 17.7 Å². The van der Waals surface area contributed by atoms with Crippen LogP contribution in [0.15, 0.2) is 80.9 Å². The quantitative estimate of drug-likeness (QED) is 0.366. The second-order valence-electron chi connectivity index (χ2n) is 7.62. The molecule has 2 aromatic heterocycles. The van der Waals surface area contributed by atoms with Crippen LogP contribution in [0.25, 0.3) is 16.5 Å². The molecule has 2 aromatic carbocycles. The fourth-order valence-corrected chi connectivity index (χ4v) is 6.06. The molecule has 1 aliphatic rings. The van der Waals surface area contributed by atoms with E-state index >= 15 is 0 Å². The first-order valence-electron chi connectivity index (χ1n) is 10.4. The van der Waals surface area contributed by atoms with Gasteiger partial charge in [-0.15, -0.1) is 11.3 Å². The molecule has 0 unspecified atom stereocenters. The number of aromatic nitrogens is 1. The van der Waals surface area contributed by atoms with Crippen LogP contribution in [0.4, 0.5) is 10.5 Å². The van der Waals surface area contributed by atoms with Crippen LogP contribution in [0.3, 0.4) is 0 Å². The molecule has 2 amide bonds. The van der Waals surface area contributed by atoms with Gasteiger partial charge in [0.2, 0.25) is 0 Å². The van der Waals surface area contributed by atoms with Gasteiger partial charge in [0.1, 0.15) is 10.0 Å². The Bertz CT molecular complexity index is 1640. The third-order valence-corrected chi connectivity index (χ3v) is 8.35. The maximum Gasteiger partial charge on any atom is 0.333 e. The Morgan fingerprint density at radius 1 is 1.09 bits per heavy atom. The largest absolute Gasteiger partial charge is 0.368 e. The molecule has 9 nitrogen and oxygen atoms in total. The van der Waals surface area contributed by atoms with E-state index in [1.54, 1.807) is 36.5 Å². The fourth-order valence-electron chi connectivity index (χ4n) is 3.67. The molecule has 0 radical (unpaired) electrons. The monoisotopic (exact) mass is 527 g/mol. The van der Waals surface area contributed by atoms with Crippen LogP contribution in [0.1, 0.15) is 5.56 Å². The maximum atomic E-state index is 13.1. The normalized spacial score (nSPS) is 13.3. The average molecular weight is 528 g/mol. The summed E-state index contributed by atoms with van der Waals surface area (Å²) in [6.45, 7) is 1.54. The molecule has 0 saturated carbocycles. The van der Waals surface area contributed by atoms with Gasteiger partial charge in [-0.05, 0) is 60.0 Å². The predicted molar refractivity (Wildman–Crippen MR) is 138 cm³/mol. The third-order valence-electron chi connectivity index (χ3n) is 5.30. The van der Waals surface area contributed by atoms with Crippen molar-refractivity contribution in [1.29, 1.82) is 0 Å². The van der Waals surface area contributed by atoms with E-state index in [2.05, 4.69) is 15.6 Å². The Morgan fingerprint density at radius 2 is 1.89 bits per heavy atom. The van der Waals surface area contributed by atoms with Crippen molar-refractivity contribution in [2.45, 2.75) is 4.21 Å². The van der Waals surface area contributed by atoms with Crippen molar-refractivity contribution >= 4 is 61.3 Å². The highest BCUT2D eigenvalue weighted by Gasteiger charge is 2.20. The molecular formula is C23H18ClN5O4S2. The Kier molecular flexibility index (Phi) is 6.05. The highest BCUT2D eigenvalue weighted by molar-refractivity contribution is 7.92. The number of hydrogen-bond donors (Lipinski definition) is 3. The number of aliphatic imine (C=N–C) groups is 1. The zero-order valence-corrected chi connectivity index (χ0v) is 20.4. The first-order valence-corrected chi connectivity index (χ1v) is 13.1. The van der Waals surface area contributed by atoms with Crippen molar-refractivity contribution in [2.24, 2.45) is 4.99 Å². The van der Waals surface area contributed by atoms with E-state index in [-0.39, 0.29) is 9.77 Å². The average Bonchev–Trinajstić information content (AvgIpc) is 3.52. The number of nitrogens with one attached hydrogen (secondary N) is 3. The molecule has 178 valence electrons. The highest BCUT2D eigenvalue weighted by Crippen LogP contribution is 2.25. The Morgan fingerprint density at radius 3 is 2.57 bits per heavy atom. The number of sulfonamides is 1. The van der Waals surface area contributed by atoms with Gasteiger partial charge in [-0.2, -0.15) is 0 Å². The van der Waals surface area contributed by atoms with E-state index in [9.17, 15) is 18.0 Å². The lowest BCUT2D eigenvalue weighted by molar-refractivity contribution is 0.256. The molecule has 0 fully saturated rings. The minimum atomic E-state index is -4.03. The van der Waals surface area contributed by atoms with E-state index in [0.717, 1.165) is 41.2 Å². The number of amidine groups is 1. The Labute approximate surface area is 209 Å². The van der Waals surface area contributed by atoms with Crippen molar-refractivity contribution in [3.8, 4) is 5.69 Å². The van der Waals surface area contributed by atoms with Gasteiger partial charge >= 0.3 is 6.03 Å². The summed E-state index contributed by atoms with van der Waals surface area (Å²) in [5, 5.41) is 7.07. The molecule has 5 rings (SSSR count). The number of amides is 2. The van der Waals surface area contributed by atoms with Crippen molar-refractivity contribution in [2.75, 3.05) is 18.4 Å². The number of carbonyl (C=O) groups is 1. The topological polar surface area (TPSA) is 122 Å². The van der Waals surface area contributed by atoms with E-state index in [1.807, 2.05) is 22.9 Å². The minimum absolute atomic E-state index is 0.0664. The predicted octanol–water partition coefficient (Wildman–Crippen LogP) is 3.57. The summed E-state index contributed by atoms with van der Waals surface area (Å²) in [5.74, 6) is 0.829. The van der Waals surface area contributed by atoms with E-state index < -0.39 is 16.1 Å². The summed E-state index contributed by atoms with van der Waals surface area (Å²) in [5.41, 5.74) is 1.70. The summed E-state index contributed by atoms with van der Waals surface area (Å²) >= 11 is 6.61. The molecule has 12 heteroatoms. The van der Waals surface area contributed by atoms with Gasteiger partial charge in [0.05, 0.1) is 10.9 Å². The molecule has 0 saturated heterocycles. The number of hydrogen-bond acceptors (Lipinski definition) is 7. The second kappa shape index (κ2) is 9.17. The van der Waals surface area contributed by atoms with Crippen LogP contribution >= 0.6 is 22.9 Å². The van der Waals surface area contributed by atoms with Crippen molar-refractivity contribution in [3.05, 3.63) is 87.1 Å². The zero-order valence-electron chi connectivity index (χ0n) is 18.0. The number of carbonyl (C=O) groups excluding carboxylic acids is 1. The molecule has 4 aromatic rings. The lowest BCUT2D eigenvalue weighted by Crippen LogP contribution is -2.33. The number of urea groups is 1. The molecule has 3 N–H and O–H groups in total. The molecule has 0 atom stereocenters. The molecule has 0 bridgehead atoms. The molecule has 0 aliphatic carbocycles. The van der Waals surface area contributed by atoms with Crippen molar-refractivity contribution < 1.29 is 13.2 Å². The van der Waals surface area contributed by atoms with Crippen LogP contribution in [0.2, 0.25) is 4.34 Å². The van der Waals surface area contributed by atoms with Crippen LogP contribution < -0.4 is 20.9 Å². The van der Waals surface area contributed by atoms with Crippen molar-refractivity contribution in [1.82, 2.24) is 14.6 Å². The highest BCUT2D eigenvalue weighted by atomic mass is 35.5. The first kappa shape index (κ1) is 23.1. The molecule has 1 aliphatic heterocycles. The number of rotatable bonds is 5. The third kappa shape index (κ3) is 4.78. The summed E-state index contributed by atoms with van der Waals surface area (Å²) in [6.07, 6.45) is 1.69. The summed E-state index contributed by atoms with van der Waals surface area (Å²) < 4.78 is 28.2. The number of pyridine rings is 1. The molecular weight excluding hydrogens is 510 g/mol. The lowest BCUT2D eigenvalue weighted by Gasteiger charge is -2.11. The summed E-state index contributed by atoms with van der Waals surface area (Å²) in [6, 6.07) is 15.8. The fraction of sp³-hybridized carbons (Fsp3) is 0.0870. The number of thiophene rings is 1. The Hall–Kier alpha value is -3.67. The smallest absolute Gasteiger partial charge is 0.333 e. The SMILES string of the molecule is O=C(Nc1ccc(-n2ccc3cc(C4=NCCN4)ccc3c2=O)cc1)NS(=O)(=O)c1ccc(Cl)s1. The van der Waals surface area contributed by atoms with E-state index in [1.165, 1.54) is 16.7 Å². The number of halogens is 1. The van der Waals surface area contributed by atoms with Gasteiger partial charge in [0.25, 0.3) is 15.6 Å². The van der Waals surface area contributed by atoms with Gasteiger partial charge in [-0.3, -0.25) is 14.4 Å². The van der Waals surface area contributed by atoms with E-state index in [4.69, 9.17) is 11.6 Å². The number of benzene rings is 2. The maximum absolute atomic E-state index is 13.1. The van der Waals surface area contributed by atoms with Gasteiger partial charge < -0.3 is 10.6 Å². The van der Waals surface area contributed by atoms with Crippen molar-refractivity contribution in [3.63, 3.8) is 0 Å². The van der Waals surface area contributed by atoms with Gasteiger partial charge in [0, 0.05) is 35.1 Å². The molecule has 3 heterocycles. The van der Waals surface area contributed by atoms with Gasteiger partial charge in [0.15, 0.2) is 0 Å². The molecule has 0 spiro atoms. The summed E-state index contributed by atoms with van der Waals surface area (Å²) in [7, 11) is -4.03. The second-order valence-corrected chi connectivity index (χ2v) is 11.2. The van der Waals surface area contributed by atoms with E-state index in [0.29, 0.717) is 21.1 Å². The zero-order chi connectivity index (χ0) is 24.6. The number of fused-ring (bicyclic) bond motifs is 1. The first-order chi connectivity index (χ1) is 16.8. The lowest BCUT2D eigenvalue weighted by atomic mass is 10.1. The molecule has 35 heavy (non-hydrogen) atoms. The minimum Gasteiger partial charge on any atom is -0.368 e.